The van der Waals surface area contributed by atoms with E-state index in [1.54, 1.807) is 0 Å². The monoisotopic (exact) mass is 343 g/mol. The first-order valence-electron chi connectivity index (χ1n) is 5.65. The molecule has 2 N–H and O–H groups in total. The number of hydrogen-bond donors (Lipinski definition) is 1. The van der Waals surface area contributed by atoms with Crippen molar-refractivity contribution in [3.63, 3.8) is 0 Å². The van der Waals surface area contributed by atoms with Crippen LogP contribution in [0.4, 0.5) is 8.78 Å². The zero-order valence-electron chi connectivity index (χ0n) is 10.2. The summed E-state index contributed by atoms with van der Waals surface area (Å²) in [5.41, 5.74) is 6.79. The first-order chi connectivity index (χ1) is 8.97. The molecule has 0 fully saturated rings. The van der Waals surface area contributed by atoms with Crippen LogP contribution in [0, 0.1) is 11.6 Å². The molecule has 0 aliphatic rings. The standard InChI is InChI=1S/C14H12BrF2NS/c1-8(18)9-2-4-13(11(15)6-9)19-14-5-3-10(16)7-12(14)17/h2-8H,18H2,1H3. The molecule has 1 atom stereocenters. The molecule has 0 saturated heterocycles. The minimum atomic E-state index is -0.576. The van der Waals surface area contributed by atoms with E-state index >= 15 is 0 Å². The largest absolute Gasteiger partial charge is 0.324 e. The van der Waals surface area contributed by atoms with Gasteiger partial charge in [-0.25, -0.2) is 8.78 Å². The highest BCUT2D eigenvalue weighted by Crippen LogP contribution is 2.36. The van der Waals surface area contributed by atoms with Crippen LogP contribution in [0.2, 0.25) is 0 Å². The molecule has 0 radical (unpaired) electrons. The van der Waals surface area contributed by atoms with E-state index in [9.17, 15) is 8.78 Å². The van der Waals surface area contributed by atoms with E-state index in [-0.39, 0.29) is 6.04 Å². The van der Waals surface area contributed by atoms with Crippen LogP contribution in [0.3, 0.4) is 0 Å². The molecule has 2 aromatic rings. The smallest absolute Gasteiger partial charge is 0.140 e. The molecule has 0 aromatic heterocycles. The van der Waals surface area contributed by atoms with Gasteiger partial charge in [0.05, 0.1) is 0 Å². The fourth-order valence-electron chi connectivity index (χ4n) is 1.56. The summed E-state index contributed by atoms with van der Waals surface area (Å²) in [6.45, 7) is 1.90. The molecule has 0 bridgehead atoms. The van der Waals surface area contributed by atoms with E-state index < -0.39 is 11.6 Å². The third-order valence-corrected chi connectivity index (χ3v) is 4.64. The highest BCUT2D eigenvalue weighted by molar-refractivity contribution is 9.10. The Kier molecular flexibility index (Phi) is 4.60. The zero-order valence-corrected chi connectivity index (χ0v) is 12.6. The maximum atomic E-state index is 13.6. The Morgan fingerprint density at radius 2 is 1.79 bits per heavy atom. The summed E-state index contributed by atoms with van der Waals surface area (Å²) in [6, 6.07) is 9.19. The van der Waals surface area contributed by atoms with Crippen LogP contribution in [0.1, 0.15) is 18.5 Å². The van der Waals surface area contributed by atoms with E-state index in [0.717, 1.165) is 21.0 Å². The molecule has 0 spiro atoms. The van der Waals surface area contributed by atoms with Gasteiger partial charge in [0.25, 0.3) is 0 Å². The average Bonchev–Trinajstić information content (AvgIpc) is 2.34. The molecule has 1 nitrogen and oxygen atoms in total. The summed E-state index contributed by atoms with van der Waals surface area (Å²) >= 11 is 4.68. The lowest BCUT2D eigenvalue weighted by atomic mass is 10.1. The Morgan fingerprint density at radius 1 is 1.11 bits per heavy atom. The molecule has 1 unspecified atom stereocenters. The van der Waals surface area contributed by atoms with Gasteiger partial charge in [-0.2, -0.15) is 0 Å². The molecule has 19 heavy (non-hydrogen) atoms. The van der Waals surface area contributed by atoms with Gasteiger partial charge >= 0.3 is 0 Å². The Hall–Kier alpha value is -0.910. The third-order valence-electron chi connectivity index (χ3n) is 2.60. The Balaban J connectivity index is 2.28. The van der Waals surface area contributed by atoms with E-state index in [1.807, 2.05) is 25.1 Å². The van der Waals surface area contributed by atoms with Crippen molar-refractivity contribution < 1.29 is 8.78 Å². The number of hydrogen-bond acceptors (Lipinski definition) is 2. The highest BCUT2D eigenvalue weighted by atomic mass is 79.9. The quantitative estimate of drug-likeness (QED) is 0.857. The summed E-state index contributed by atoms with van der Waals surface area (Å²) < 4.78 is 27.3. The van der Waals surface area contributed by atoms with Crippen LogP contribution in [-0.2, 0) is 0 Å². The zero-order chi connectivity index (χ0) is 14.0. The van der Waals surface area contributed by atoms with Gasteiger partial charge in [-0.3, -0.25) is 0 Å². The van der Waals surface area contributed by atoms with Crippen molar-refractivity contribution >= 4 is 27.7 Å². The van der Waals surface area contributed by atoms with Gasteiger partial charge in [-0.15, -0.1) is 0 Å². The van der Waals surface area contributed by atoms with Crippen LogP contribution in [0.5, 0.6) is 0 Å². The molecule has 0 aliphatic carbocycles. The van der Waals surface area contributed by atoms with Crippen molar-refractivity contribution in [3.8, 4) is 0 Å². The Bertz CT molecular complexity index is 602. The second-order valence-electron chi connectivity index (χ2n) is 4.16. The minimum Gasteiger partial charge on any atom is -0.324 e. The second kappa shape index (κ2) is 6.03. The lowest BCUT2D eigenvalue weighted by Gasteiger charge is -2.10. The van der Waals surface area contributed by atoms with Gasteiger partial charge in [0, 0.05) is 26.4 Å². The molecule has 2 rings (SSSR count). The Morgan fingerprint density at radius 3 is 2.37 bits per heavy atom. The summed E-state index contributed by atoms with van der Waals surface area (Å²) in [5, 5.41) is 0. The average molecular weight is 344 g/mol. The van der Waals surface area contributed by atoms with E-state index in [0.29, 0.717) is 4.90 Å². The number of benzene rings is 2. The van der Waals surface area contributed by atoms with Crippen molar-refractivity contribution in [2.45, 2.75) is 22.8 Å². The first kappa shape index (κ1) is 14.5. The summed E-state index contributed by atoms with van der Waals surface area (Å²) in [5.74, 6) is -1.14. The van der Waals surface area contributed by atoms with Gasteiger partial charge < -0.3 is 5.73 Å². The van der Waals surface area contributed by atoms with Crippen molar-refractivity contribution in [2.24, 2.45) is 5.73 Å². The summed E-state index contributed by atoms with van der Waals surface area (Å²) in [4.78, 5) is 1.24. The van der Waals surface area contributed by atoms with Crippen LogP contribution < -0.4 is 5.73 Å². The van der Waals surface area contributed by atoms with Gasteiger partial charge in [-0.1, -0.05) is 17.8 Å². The molecule has 0 heterocycles. The highest BCUT2D eigenvalue weighted by Gasteiger charge is 2.09. The molecule has 0 aliphatic heterocycles. The predicted octanol–water partition coefficient (Wildman–Crippen LogP) is 4.90. The normalized spacial score (nSPS) is 12.5. The third kappa shape index (κ3) is 3.55. The fraction of sp³-hybridized carbons (Fsp3) is 0.143. The number of rotatable bonds is 3. The predicted molar refractivity (Wildman–Crippen MR) is 77.2 cm³/mol. The molecule has 0 amide bonds. The lowest BCUT2D eigenvalue weighted by Crippen LogP contribution is -2.04. The SMILES string of the molecule is CC(N)c1ccc(Sc2ccc(F)cc2F)c(Br)c1. The van der Waals surface area contributed by atoms with E-state index in [1.165, 1.54) is 23.9 Å². The van der Waals surface area contributed by atoms with Crippen molar-refractivity contribution in [2.75, 3.05) is 0 Å². The maximum Gasteiger partial charge on any atom is 0.140 e. The van der Waals surface area contributed by atoms with Crippen molar-refractivity contribution in [1.82, 2.24) is 0 Å². The first-order valence-corrected chi connectivity index (χ1v) is 7.26. The summed E-state index contributed by atoms with van der Waals surface area (Å²) in [6.07, 6.45) is 0. The number of nitrogens with two attached hydrogens (primary N) is 1. The van der Waals surface area contributed by atoms with Gasteiger partial charge in [0.2, 0.25) is 0 Å². The molecule has 100 valence electrons. The van der Waals surface area contributed by atoms with Crippen LogP contribution in [0.25, 0.3) is 0 Å². The lowest BCUT2D eigenvalue weighted by molar-refractivity contribution is 0.565. The van der Waals surface area contributed by atoms with E-state index in [2.05, 4.69) is 15.9 Å². The van der Waals surface area contributed by atoms with Crippen molar-refractivity contribution in [3.05, 3.63) is 58.1 Å². The maximum absolute atomic E-state index is 13.6. The molecular weight excluding hydrogens is 332 g/mol. The van der Waals surface area contributed by atoms with Crippen molar-refractivity contribution in [1.29, 1.82) is 0 Å². The molecule has 5 heteroatoms. The van der Waals surface area contributed by atoms with Crippen LogP contribution in [-0.4, -0.2) is 0 Å². The second-order valence-corrected chi connectivity index (χ2v) is 6.09. The van der Waals surface area contributed by atoms with Crippen LogP contribution in [0.15, 0.2) is 50.7 Å². The van der Waals surface area contributed by atoms with Crippen LogP contribution >= 0.6 is 27.7 Å². The fourth-order valence-corrected chi connectivity index (χ4v) is 3.02. The minimum absolute atomic E-state index is 0.0575. The molecule has 2 aromatic carbocycles. The molecular formula is C14H12BrF2NS. The summed E-state index contributed by atoms with van der Waals surface area (Å²) in [7, 11) is 0. The Labute approximate surface area is 123 Å². The van der Waals surface area contributed by atoms with E-state index in [4.69, 9.17) is 5.73 Å². The number of halogens is 3. The molecule has 0 saturated carbocycles. The van der Waals surface area contributed by atoms with Gasteiger partial charge in [0.1, 0.15) is 11.6 Å². The van der Waals surface area contributed by atoms with Gasteiger partial charge in [-0.05, 0) is 52.7 Å². The van der Waals surface area contributed by atoms with Gasteiger partial charge in [0.15, 0.2) is 0 Å². The topological polar surface area (TPSA) is 26.0 Å².